The van der Waals surface area contributed by atoms with Crippen LogP contribution in [0.25, 0.3) is 0 Å². The quantitative estimate of drug-likeness (QED) is 0.930. The summed E-state index contributed by atoms with van der Waals surface area (Å²) in [6.07, 6.45) is 4.77. The molecule has 0 saturated carbocycles. The third-order valence-corrected chi connectivity index (χ3v) is 6.41. The molecular weight excluding hydrogens is 318 g/mol. The van der Waals surface area contributed by atoms with Gasteiger partial charge in [-0.25, -0.2) is 8.42 Å². The monoisotopic (exact) mass is 339 g/mol. The van der Waals surface area contributed by atoms with E-state index in [-0.39, 0.29) is 5.92 Å². The fourth-order valence-electron chi connectivity index (χ4n) is 3.08. The van der Waals surface area contributed by atoms with E-state index in [9.17, 15) is 8.42 Å². The largest absolute Gasteiger partial charge is 0.298 e. The lowest BCUT2D eigenvalue weighted by molar-refractivity contribution is 0.198. The predicted octanol–water partition coefficient (Wildman–Crippen LogP) is 2.56. The molecule has 0 bridgehead atoms. The number of nitrogens with one attached hydrogen (secondary N) is 1. The Morgan fingerprint density at radius 3 is 3.00 bits per heavy atom. The van der Waals surface area contributed by atoms with Gasteiger partial charge in [0, 0.05) is 30.1 Å². The zero-order valence-electron chi connectivity index (χ0n) is 12.9. The van der Waals surface area contributed by atoms with Crippen LogP contribution in [-0.4, -0.2) is 42.9 Å². The van der Waals surface area contributed by atoms with Crippen LogP contribution in [0.15, 0.2) is 22.5 Å². The molecule has 1 N–H and O–H groups in total. The van der Waals surface area contributed by atoms with Gasteiger partial charge in [0.2, 0.25) is 0 Å². The SMILES string of the molecule is Cc1ccsc1CN1CCCC(c2[nH]ncc2S(C)(=O)=O)C1. The summed E-state index contributed by atoms with van der Waals surface area (Å²) in [5.74, 6) is 0.209. The molecule has 2 aromatic rings. The second-order valence-electron chi connectivity index (χ2n) is 6.02. The standard InChI is InChI=1S/C15H21N3O2S2/c1-11-5-7-21-13(11)10-18-6-3-4-12(9-18)15-14(8-16-17-15)22(2,19)20/h5,7-8,12H,3-4,6,9-10H2,1-2H3,(H,16,17). The van der Waals surface area contributed by atoms with Crippen LogP contribution in [0.3, 0.4) is 0 Å². The van der Waals surface area contributed by atoms with Gasteiger partial charge in [-0.05, 0) is 43.3 Å². The highest BCUT2D eigenvalue weighted by Crippen LogP contribution is 2.31. The normalized spacial score (nSPS) is 20.4. The van der Waals surface area contributed by atoms with E-state index in [1.54, 1.807) is 11.3 Å². The molecule has 2 aromatic heterocycles. The number of hydrogen-bond acceptors (Lipinski definition) is 5. The molecule has 7 heteroatoms. The van der Waals surface area contributed by atoms with Crippen molar-refractivity contribution in [1.29, 1.82) is 0 Å². The first-order chi connectivity index (χ1) is 10.4. The van der Waals surface area contributed by atoms with E-state index in [4.69, 9.17) is 0 Å². The second-order valence-corrected chi connectivity index (χ2v) is 9.01. The Morgan fingerprint density at radius 1 is 1.50 bits per heavy atom. The highest BCUT2D eigenvalue weighted by atomic mass is 32.2. The minimum atomic E-state index is -3.22. The average Bonchev–Trinajstić information content (AvgIpc) is 3.08. The van der Waals surface area contributed by atoms with Gasteiger partial charge in [-0.3, -0.25) is 10.00 Å². The second kappa shape index (κ2) is 6.14. The smallest absolute Gasteiger partial charge is 0.178 e. The van der Waals surface area contributed by atoms with Crippen molar-refractivity contribution in [3.8, 4) is 0 Å². The molecule has 120 valence electrons. The van der Waals surface area contributed by atoms with Crippen LogP contribution in [0, 0.1) is 6.92 Å². The van der Waals surface area contributed by atoms with Crippen LogP contribution in [0.4, 0.5) is 0 Å². The van der Waals surface area contributed by atoms with E-state index in [0.29, 0.717) is 4.90 Å². The third kappa shape index (κ3) is 3.26. The van der Waals surface area contributed by atoms with E-state index in [0.717, 1.165) is 38.2 Å². The first-order valence-corrected chi connectivity index (χ1v) is 10.2. The molecule has 1 saturated heterocycles. The average molecular weight is 339 g/mol. The molecule has 0 spiro atoms. The van der Waals surface area contributed by atoms with Crippen molar-refractivity contribution in [3.63, 3.8) is 0 Å². The molecule has 0 radical (unpaired) electrons. The highest BCUT2D eigenvalue weighted by Gasteiger charge is 2.27. The fourth-order valence-corrected chi connectivity index (χ4v) is 4.88. The minimum Gasteiger partial charge on any atom is -0.298 e. The number of likely N-dealkylation sites (tertiary alicyclic amines) is 1. The van der Waals surface area contributed by atoms with Gasteiger partial charge in [-0.2, -0.15) is 5.10 Å². The molecule has 3 rings (SSSR count). The van der Waals surface area contributed by atoms with Crippen molar-refractivity contribution in [1.82, 2.24) is 15.1 Å². The van der Waals surface area contributed by atoms with E-state index in [2.05, 4.69) is 33.5 Å². The topological polar surface area (TPSA) is 66.1 Å². The molecule has 0 amide bonds. The maximum absolute atomic E-state index is 11.9. The van der Waals surface area contributed by atoms with Gasteiger partial charge in [-0.15, -0.1) is 11.3 Å². The van der Waals surface area contributed by atoms with Crippen LogP contribution >= 0.6 is 11.3 Å². The van der Waals surface area contributed by atoms with Crippen molar-refractivity contribution < 1.29 is 8.42 Å². The van der Waals surface area contributed by atoms with E-state index in [1.807, 2.05) is 0 Å². The molecule has 0 aliphatic carbocycles. The zero-order chi connectivity index (χ0) is 15.7. The van der Waals surface area contributed by atoms with Crippen LogP contribution in [0.2, 0.25) is 0 Å². The highest BCUT2D eigenvalue weighted by molar-refractivity contribution is 7.90. The molecule has 1 aliphatic rings. The van der Waals surface area contributed by atoms with Crippen molar-refractivity contribution in [2.24, 2.45) is 0 Å². The Morgan fingerprint density at radius 2 is 2.32 bits per heavy atom. The van der Waals surface area contributed by atoms with Crippen molar-refractivity contribution in [2.45, 2.75) is 37.1 Å². The lowest BCUT2D eigenvalue weighted by Crippen LogP contribution is -2.34. The maximum atomic E-state index is 11.9. The summed E-state index contributed by atoms with van der Waals surface area (Å²) in [6, 6.07) is 2.15. The summed E-state index contributed by atoms with van der Waals surface area (Å²) in [5.41, 5.74) is 2.11. The molecule has 1 fully saturated rings. The number of nitrogens with zero attached hydrogens (tertiary/aromatic N) is 2. The fraction of sp³-hybridized carbons (Fsp3) is 0.533. The number of aromatic amines is 1. The van der Waals surface area contributed by atoms with E-state index < -0.39 is 9.84 Å². The van der Waals surface area contributed by atoms with Crippen LogP contribution in [0.5, 0.6) is 0 Å². The zero-order valence-corrected chi connectivity index (χ0v) is 14.5. The minimum absolute atomic E-state index is 0.209. The first-order valence-electron chi connectivity index (χ1n) is 7.44. The van der Waals surface area contributed by atoms with Gasteiger partial charge in [0.05, 0.1) is 11.9 Å². The van der Waals surface area contributed by atoms with Crippen molar-refractivity contribution in [3.05, 3.63) is 33.8 Å². The lowest BCUT2D eigenvalue weighted by atomic mass is 9.95. The number of H-pyrrole nitrogens is 1. The maximum Gasteiger partial charge on any atom is 0.178 e. The Hall–Kier alpha value is -1.18. The molecule has 22 heavy (non-hydrogen) atoms. The lowest BCUT2D eigenvalue weighted by Gasteiger charge is -2.32. The summed E-state index contributed by atoms with van der Waals surface area (Å²) in [6.45, 7) is 5.03. The molecule has 3 heterocycles. The summed E-state index contributed by atoms with van der Waals surface area (Å²) in [5, 5.41) is 9.01. The molecule has 1 atom stereocenters. The number of rotatable bonds is 4. The van der Waals surface area contributed by atoms with Crippen molar-refractivity contribution >= 4 is 21.2 Å². The number of hydrogen-bond donors (Lipinski definition) is 1. The predicted molar refractivity (Wildman–Crippen MR) is 88.0 cm³/mol. The number of sulfone groups is 1. The van der Waals surface area contributed by atoms with Crippen LogP contribution in [-0.2, 0) is 16.4 Å². The summed E-state index contributed by atoms with van der Waals surface area (Å²) in [4.78, 5) is 4.17. The van der Waals surface area contributed by atoms with Gasteiger partial charge >= 0.3 is 0 Å². The Balaban J connectivity index is 1.76. The van der Waals surface area contributed by atoms with Gasteiger partial charge in [-0.1, -0.05) is 0 Å². The molecule has 0 aromatic carbocycles. The Labute approximate surface area is 135 Å². The summed E-state index contributed by atoms with van der Waals surface area (Å²) >= 11 is 1.79. The van der Waals surface area contributed by atoms with Gasteiger partial charge in [0.15, 0.2) is 9.84 Å². The third-order valence-electron chi connectivity index (χ3n) is 4.28. The number of aryl methyl sites for hydroxylation is 1. The van der Waals surface area contributed by atoms with Crippen LogP contribution < -0.4 is 0 Å². The van der Waals surface area contributed by atoms with Crippen molar-refractivity contribution in [2.75, 3.05) is 19.3 Å². The molecule has 1 aliphatic heterocycles. The molecular formula is C15H21N3O2S2. The number of thiophene rings is 1. The number of piperidine rings is 1. The van der Waals surface area contributed by atoms with Gasteiger partial charge in [0.1, 0.15) is 4.90 Å². The van der Waals surface area contributed by atoms with Crippen LogP contribution in [0.1, 0.15) is 34.9 Å². The number of aromatic nitrogens is 2. The summed E-state index contributed by atoms with van der Waals surface area (Å²) < 4.78 is 23.7. The van der Waals surface area contributed by atoms with Gasteiger partial charge in [0.25, 0.3) is 0 Å². The van der Waals surface area contributed by atoms with E-state index >= 15 is 0 Å². The molecule has 1 unspecified atom stereocenters. The summed E-state index contributed by atoms with van der Waals surface area (Å²) in [7, 11) is -3.22. The molecule has 5 nitrogen and oxygen atoms in total. The Bertz CT molecular complexity index is 748. The van der Waals surface area contributed by atoms with Gasteiger partial charge < -0.3 is 0 Å². The Kier molecular flexibility index (Phi) is 4.38. The first kappa shape index (κ1) is 15.7. The van der Waals surface area contributed by atoms with E-state index in [1.165, 1.54) is 22.9 Å².